The number of nitrogens with one attached hydrogen (secondary N) is 1. The lowest BCUT2D eigenvalue weighted by atomic mass is 10.2. The minimum Gasteiger partial charge on any atom is -0.347 e. The van der Waals surface area contributed by atoms with Gasteiger partial charge < -0.3 is 9.88 Å². The van der Waals surface area contributed by atoms with Crippen molar-refractivity contribution in [3.8, 4) is 0 Å². The zero-order chi connectivity index (χ0) is 12.3. The number of hydrogen-bond acceptors (Lipinski definition) is 3. The third kappa shape index (κ3) is 2.94. The highest BCUT2D eigenvalue weighted by atomic mass is 32.1. The molecule has 2 aromatic rings. The first-order valence-corrected chi connectivity index (χ1v) is 6.35. The molecule has 1 atom stereocenters. The monoisotopic (exact) mass is 249 g/mol. The summed E-state index contributed by atoms with van der Waals surface area (Å²) in [5.41, 5.74) is 1.03. The van der Waals surface area contributed by atoms with Gasteiger partial charge in [-0.1, -0.05) is 0 Å². The van der Waals surface area contributed by atoms with Crippen molar-refractivity contribution in [2.45, 2.75) is 26.4 Å². The average molecular weight is 249 g/mol. The molecule has 0 spiro atoms. The van der Waals surface area contributed by atoms with Crippen molar-refractivity contribution in [1.82, 2.24) is 14.9 Å². The molecule has 17 heavy (non-hydrogen) atoms. The SMILES string of the molecule is Cc1ccsc1C(=O)N[C@@H](C)Cn1ccnc1. The minimum atomic E-state index is 0.00474. The van der Waals surface area contributed by atoms with E-state index >= 15 is 0 Å². The van der Waals surface area contributed by atoms with Gasteiger partial charge in [0.05, 0.1) is 11.2 Å². The average Bonchev–Trinajstić information content (AvgIpc) is 2.88. The van der Waals surface area contributed by atoms with Gasteiger partial charge in [-0.3, -0.25) is 4.79 Å². The Morgan fingerprint density at radius 3 is 3.06 bits per heavy atom. The first-order valence-electron chi connectivity index (χ1n) is 5.47. The van der Waals surface area contributed by atoms with Crippen molar-refractivity contribution >= 4 is 17.2 Å². The van der Waals surface area contributed by atoms with Crippen LogP contribution < -0.4 is 5.32 Å². The van der Waals surface area contributed by atoms with E-state index in [-0.39, 0.29) is 11.9 Å². The summed E-state index contributed by atoms with van der Waals surface area (Å²) in [6, 6.07) is 2.04. The smallest absolute Gasteiger partial charge is 0.261 e. The minimum absolute atomic E-state index is 0.00474. The van der Waals surface area contributed by atoms with Gasteiger partial charge in [-0.25, -0.2) is 4.98 Å². The van der Waals surface area contributed by atoms with Gasteiger partial charge in [0.1, 0.15) is 0 Å². The highest BCUT2D eigenvalue weighted by Gasteiger charge is 2.13. The van der Waals surface area contributed by atoms with Crippen LogP contribution in [0.25, 0.3) is 0 Å². The molecular weight excluding hydrogens is 234 g/mol. The zero-order valence-corrected chi connectivity index (χ0v) is 10.7. The van der Waals surface area contributed by atoms with E-state index in [4.69, 9.17) is 0 Å². The predicted octanol–water partition coefficient (Wildman–Crippen LogP) is 2.07. The molecule has 0 aliphatic rings. The molecule has 90 valence electrons. The summed E-state index contributed by atoms with van der Waals surface area (Å²) in [5.74, 6) is 0.00474. The van der Waals surface area contributed by atoms with Crippen LogP contribution in [0.2, 0.25) is 0 Å². The van der Waals surface area contributed by atoms with Crippen LogP contribution in [0.3, 0.4) is 0 Å². The fourth-order valence-corrected chi connectivity index (χ4v) is 2.48. The van der Waals surface area contributed by atoms with Gasteiger partial charge in [0.15, 0.2) is 0 Å². The van der Waals surface area contributed by atoms with Gasteiger partial charge in [-0.2, -0.15) is 0 Å². The molecule has 0 aliphatic carbocycles. The second kappa shape index (κ2) is 5.14. The summed E-state index contributed by atoms with van der Waals surface area (Å²) in [6.45, 7) is 4.67. The van der Waals surface area contributed by atoms with E-state index in [2.05, 4.69) is 10.3 Å². The van der Waals surface area contributed by atoms with Gasteiger partial charge in [0.2, 0.25) is 0 Å². The molecule has 5 heteroatoms. The summed E-state index contributed by atoms with van der Waals surface area (Å²) in [6.07, 6.45) is 5.37. The lowest BCUT2D eigenvalue weighted by Crippen LogP contribution is -2.35. The largest absolute Gasteiger partial charge is 0.347 e. The second-order valence-corrected chi connectivity index (χ2v) is 4.98. The van der Waals surface area contributed by atoms with Crippen molar-refractivity contribution in [2.75, 3.05) is 0 Å². The first kappa shape index (κ1) is 11.9. The number of thiophene rings is 1. The number of nitrogens with zero attached hydrogens (tertiary/aromatic N) is 2. The van der Waals surface area contributed by atoms with Gasteiger partial charge in [-0.15, -0.1) is 11.3 Å². The van der Waals surface area contributed by atoms with Crippen molar-refractivity contribution in [3.63, 3.8) is 0 Å². The number of rotatable bonds is 4. The van der Waals surface area contributed by atoms with Crippen molar-refractivity contribution < 1.29 is 4.79 Å². The molecule has 0 saturated carbocycles. The molecule has 1 N–H and O–H groups in total. The van der Waals surface area contributed by atoms with Crippen LogP contribution in [-0.4, -0.2) is 21.5 Å². The molecule has 4 nitrogen and oxygen atoms in total. The Balaban J connectivity index is 1.93. The van der Waals surface area contributed by atoms with Crippen molar-refractivity contribution in [1.29, 1.82) is 0 Å². The molecule has 0 aromatic carbocycles. The van der Waals surface area contributed by atoms with Crippen molar-refractivity contribution in [2.24, 2.45) is 0 Å². The summed E-state index contributed by atoms with van der Waals surface area (Å²) in [4.78, 5) is 16.7. The number of amides is 1. The van der Waals surface area contributed by atoms with Gasteiger partial charge >= 0.3 is 0 Å². The fourth-order valence-electron chi connectivity index (χ4n) is 1.65. The van der Waals surface area contributed by atoms with Crippen LogP contribution in [0.1, 0.15) is 22.2 Å². The van der Waals surface area contributed by atoms with E-state index < -0.39 is 0 Å². The van der Waals surface area contributed by atoms with Crippen LogP contribution in [0, 0.1) is 6.92 Å². The van der Waals surface area contributed by atoms with E-state index in [1.807, 2.05) is 36.1 Å². The van der Waals surface area contributed by atoms with Crippen LogP contribution in [0.5, 0.6) is 0 Å². The molecule has 0 saturated heterocycles. The lowest BCUT2D eigenvalue weighted by molar-refractivity contribution is 0.0940. The zero-order valence-electron chi connectivity index (χ0n) is 9.88. The molecule has 0 aliphatic heterocycles. The van der Waals surface area contributed by atoms with Crippen LogP contribution in [0.15, 0.2) is 30.2 Å². The van der Waals surface area contributed by atoms with Gasteiger partial charge in [0.25, 0.3) is 5.91 Å². The molecule has 2 heterocycles. The first-order chi connectivity index (χ1) is 8.16. The highest BCUT2D eigenvalue weighted by molar-refractivity contribution is 7.12. The van der Waals surface area contributed by atoms with E-state index in [0.717, 1.165) is 17.0 Å². The number of hydrogen-bond donors (Lipinski definition) is 1. The number of imidazole rings is 1. The Bertz CT molecular complexity index is 490. The summed E-state index contributed by atoms with van der Waals surface area (Å²) in [7, 11) is 0. The number of aryl methyl sites for hydroxylation is 1. The van der Waals surface area contributed by atoms with E-state index in [0.29, 0.717) is 0 Å². The second-order valence-electron chi connectivity index (χ2n) is 4.07. The molecule has 0 bridgehead atoms. The Morgan fingerprint density at radius 2 is 2.47 bits per heavy atom. The number of carbonyl (C=O) groups is 1. The van der Waals surface area contributed by atoms with Gasteiger partial charge in [-0.05, 0) is 30.9 Å². The topological polar surface area (TPSA) is 46.9 Å². The molecular formula is C12H15N3OS. The van der Waals surface area contributed by atoms with Crippen LogP contribution in [-0.2, 0) is 6.54 Å². The Morgan fingerprint density at radius 1 is 1.65 bits per heavy atom. The molecule has 0 unspecified atom stereocenters. The maximum absolute atomic E-state index is 11.9. The van der Waals surface area contributed by atoms with Gasteiger partial charge in [0, 0.05) is 25.0 Å². The third-order valence-electron chi connectivity index (χ3n) is 2.49. The quantitative estimate of drug-likeness (QED) is 0.901. The maximum Gasteiger partial charge on any atom is 0.261 e. The Kier molecular flexibility index (Phi) is 3.58. The molecule has 1 amide bonds. The van der Waals surface area contributed by atoms with Crippen LogP contribution in [0.4, 0.5) is 0 Å². The van der Waals surface area contributed by atoms with E-state index in [1.54, 1.807) is 12.5 Å². The van der Waals surface area contributed by atoms with E-state index in [9.17, 15) is 4.79 Å². The Hall–Kier alpha value is -1.62. The molecule has 2 aromatic heterocycles. The number of carbonyl (C=O) groups excluding carboxylic acids is 1. The van der Waals surface area contributed by atoms with Crippen LogP contribution >= 0.6 is 11.3 Å². The molecule has 2 rings (SSSR count). The summed E-state index contributed by atoms with van der Waals surface area (Å²) >= 11 is 1.48. The third-order valence-corrected chi connectivity index (χ3v) is 3.50. The lowest BCUT2D eigenvalue weighted by Gasteiger charge is -2.14. The number of aromatic nitrogens is 2. The maximum atomic E-state index is 11.9. The van der Waals surface area contributed by atoms with E-state index in [1.165, 1.54) is 11.3 Å². The normalized spacial score (nSPS) is 12.4. The highest BCUT2D eigenvalue weighted by Crippen LogP contribution is 2.15. The summed E-state index contributed by atoms with van der Waals surface area (Å²) in [5, 5.41) is 4.92. The summed E-state index contributed by atoms with van der Waals surface area (Å²) < 4.78 is 1.95. The van der Waals surface area contributed by atoms with Crippen molar-refractivity contribution in [3.05, 3.63) is 40.6 Å². The Labute approximate surface area is 104 Å². The standard InChI is InChI=1S/C12H15N3OS/c1-9-3-6-17-11(9)12(16)14-10(2)7-15-5-4-13-8-15/h3-6,8,10H,7H2,1-2H3,(H,14,16)/t10-/m0/s1. The molecule has 0 radical (unpaired) electrons. The molecule has 0 fully saturated rings. The fraction of sp³-hybridized carbons (Fsp3) is 0.333. The predicted molar refractivity (Wildman–Crippen MR) is 68.2 cm³/mol.